The Morgan fingerprint density at radius 2 is 1.78 bits per heavy atom. The second-order valence-corrected chi connectivity index (χ2v) is 13.6. The maximum atomic E-state index is 14.3. The third-order valence-corrected chi connectivity index (χ3v) is 9.13. The van der Waals surface area contributed by atoms with Crippen LogP contribution in [0.5, 0.6) is 5.75 Å². The van der Waals surface area contributed by atoms with Gasteiger partial charge in [0.1, 0.15) is 5.75 Å². The van der Waals surface area contributed by atoms with Crippen LogP contribution in [0.25, 0.3) is 0 Å². The predicted molar refractivity (Wildman–Crippen MR) is 181 cm³/mol. The molecule has 11 heteroatoms. The summed E-state index contributed by atoms with van der Waals surface area (Å²) in [4.78, 5) is 45.6. The highest BCUT2D eigenvalue weighted by Gasteiger charge is 2.31. The highest BCUT2D eigenvalue weighted by Crippen LogP contribution is 2.29. The van der Waals surface area contributed by atoms with Crippen molar-refractivity contribution in [3.05, 3.63) is 23.8 Å². The molecule has 46 heavy (non-hydrogen) atoms. The van der Waals surface area contributed by atoms with Crippen molar-refractivity contribution in [3.8, 4) is 5.75 Å². The van der Waals surface area contributed by atoms with Crippen molar-refractivity contribution in [3.63, 3.8) is 0 Å². The van der Waals surface area contributed by atoms with Gasteiger partial charge < -0.3 is 39.9 Å². The Hall–Kier alpha value is -2.89. The molecule has 0 saturated heterocycles. The molecule has 11 nitrogen and oxygen atoms in total. The first-order chi connectivity index (χ1) is 22.0. The van der Waals surface area contributed by atoms with Gasteiger partial charge >= 0.3 is 6.03 Å². The number of fused-ring (bicyclic) bond motifs is 1. The number of nitrogens with zero attached hydrogens (tertiary/aromatic N) is 3. The van der Waals surface area contributed by atoms with Crippen LogP contribution in [0.15, 0.2) is 18.2 Å². The van der Waals surface area contributed by atoms with E-state index in [4.69, 9.17) is 9.47 Å². The molecule has 1 aromatic rings. The summed E-state index contributed by atoms with van der Waals surface area (Å²) >= 11 is 0. The zero-order valence-corrected chi connectivity index (χ0v) is 29.1. The minimum atomic E-state index is -0.481. The van der Waals surface area contributed by atoms with E-state index < -0.39 is 6.04 Å². The summed E-state index contributed by atoms with van der Waals surface area (Å²) in [6.07, 6.45) is 8.69. The van der Waals surface area contributed by atoms with Gasteiger partial charge in [0.25, 0.3) is 5.91 Å². The molecule has 2 aliphatic rings. The van der Waals surface area contributed by atoms with Crippen molar-refractivity contribution in [1.29, 1.82) is 0 Å². The van der Waals surface area contributed by atoms with Crippen LogP contribution in [-0.2, 0) is 9.53 Å². The number of benzene rings is 1. The van der Waals surface area contributed by atoms with E-state index in [1.54, 1.807) is 28.0 Å². The van der Waals surface area contributed by atoms with Gasteiger partial charge in [-0.15, -0.1) is 0 Å². The highest BCUT2D eigenvalue weighted by atomic mass is 16.5. The van der Waals surface area contributed by atoms with Gasteiger partial charge in [-0.25, -0.2) is 4.79 Å². The Labute approximate surface area is 276 Å². The molecule has 1 aliphatic heterocycles. The van der Waals surface area contributed by atoms with E-state index >= 15 is 0 Å². The number of hydrogen-bond donors (Lipinski definition) is 3. The lowest BCUT2D eigenvalue weighted by molar-refractivity contribution is -0.132. The van der Waals surface area contributed by atoms with Gasteiger partial charge in [-0.3, -0.25) is 9.59 Å². The molecule has 0 radical (unpaired) electrons. The molecule has 0 spiro atoms. The molecule has 1 aromatic carbocycles. The van der Waals surface area contributed by atoms with Crippen LogP contribution in [0.1, 0.15) is 95.3 Å². The number of urea groups is 1. The predicted octanol–water partition coefficient (Wildman–Crippen LogP) is 4.74. The number of ether oxygens (including phenoxy) is 2. The van der Waals surface area contributed by atoms with E-state index in [-0.39, 0.29) is 48.6 Å². The fraction of sp³-hybridized carbons (Fsp3) is 0.743. The van der Waals surface area contributed by atoms with Crippen molar-refractivity contribution in [1.82, 2.24) is 20.0 Å². The van der Waals surface area contributed by atoms with Gasteiger partial charge in [-0.2, -0.15) is 0 Å². The largest absolute Gasteiger partial charge is 0.490 e. The van der Waals surface area contributed by atoms with Crippen LogP contribution in [-0.4, -0.2) is 116 Å². The van der Waals surface area contributed by atoms with Crippen LogP contribution in [0.4, 0.5) is 10.5 Å². The molecular formula is C35H59N5O6. The Bertz CT molecular complexity index is 1110. The lowest BCUT2D eigenvalue weighted by Gasteiger charge is -2.36. The number of hydrogen-bond acceptors (Lipinski definition) is 7. The van der Waals surface area contributed by atoms with Gasteiger partial charge in [0.2, 0.25) is 5.91 Å². The first-order valence-electron chi connectivity index (χ1n) is 17.3. The van der Waals surface area contributed by atoms with Gasteiger partial charge in [-0.1, -0.05) is 26.2 Å². The molecule has 1 aliphatic carbocycles. The van der Waals surface area contributed by atoms with Gasteiger partial charge in [0, 0.05) is 50.8 Å². The van der Waals surface area contributed by atoms with Crippen molar-refractivity contribution in [2.24, 2.45) is 5.92 Å². The summed E-state index contributed by atoms with van der Waals surface area (Å²) in [6, 6.07) is 4.57. The summed E-state index contributed by atoms with van der Waals surface area (Å²) in [7, 11) is 5.81. The Morgan fingerprint density at radius 3 is 2.48 bits per heavy atom. The normalized spacial score (nSPS) is 22.7. The minimum Gasteiger partial charge on any atom is -0.490 e. The van der Waals surface area contributed by atoms with E-state index in [0.717, 1.165) is 57.9 Å². The number of nitrogens with one attached hydrogen (secondary N) is 2. The van der Waals surface area contributed by atoms with E-state index in [1.807, 2.05) is 41.9 Å². The molecule has 1 saturated carbocycles. The van der Waals surface area contributed by atoms with Crippen molar-refractivity contribution >= 4 is 23.5 Å². The molecule has 1 fully saturated rings. The highest BCUT2D eigenvalue weighted by molar-refractivity contribution is 5.99. The fourth-order valence-corrected chi connectivity index (χ4v) is 6.17. The second-order valence-electron chi connectivity index (χ2n) is 13.6. The van der Waals surface area contributed by atoms with Crippen LogP contribution in [0, 0.1) is 5.92 Å². The van der Waals surface area contributed by atoms with Gasteiger partial charge in [-0.05, 0) is 91.2 Å². The molecule has 0 aromatic heterocycles. The number of carbonyl (C=O) groups is 3. The molecule has 4 amide bonds. The zero-order chi connectivity index (χ0) is 33.6. The molecule has 1 heterocycles. The van der Waals surface area contributed by atoms with Crippen molar-refractivity contribution in [2.75, 3.05) is 59.3 Å². The molecule has 3 N–H and O–H groups in total. The Morgan fingerprint density at radius 1 is 1.07 bits per heavy atom. The first kappa shape index (κ1) is 37.6. The molecular weight excluding hydrogens is 586 g/mol. The molecule has 3 rings (SSSR count). The smallest absolute Gasteiger partial charge is 0.319 e. The lowest BCUT2D eigenvalue weighted by atomic mass is 9.96. The summed E-state index contributed by atoms with van der Waals surface area (Å²) in [5, 5.41) is 16.2. The third kappa shape index (κ3) is 12.0. The standard InChI is InChI=1S/C35H59N5O6/c1-25-22-40(26(2)24-41)34(43)30-21-29(37-35(44)36-28-14-8-7-9-15-28)17-18-31(30)46-27(3)13-10-11-20-45-32(25)23-39(6)33(42)16-12-19-38(4)5/h17-18,21,25-28,32,41H,7-16,19-20,22-24H2,1-6H3,(H2,36,37,44)/t25-,26-,27-,32+/m1/s1. The molecule has 0 unspecified atom stereocenters. The Balaban J connectivity index is 1.84. The van der Waals surface area contributed by atoms with Crippen LogP contribution >= 0.6 is 0 Å². The monoisotopic (exact) mass is 645 g/mol. The minimum absolute atomic E-state index is 0.0705. The maximum absolute atomic E-state index is 14.3. The quantitative estimate of drug-likeness (QED) is 0.336. The number of aliphatic hydroxyl groups excluding tert-OH is 1. The number of aliphatic hydroxyl groups is 1. The molecule has 260 valence electrons. The molecule has 4 atom stereocenters. The summed E-state index contributed by atoms with van der Waals surface area (Å²) in [6.45, 7) is 7.72. The zero-order valence-electron chi connectivity index (χ0n) is 29.1. The average Bonchev–Trinajstić information content (AvgIpc) is 3.02. The SMILES string of the molecule is C[C@@H]1CCCCO[C@@H](CN(C)C(=O)CCCN(C)C)[C@H](C)CN([C@H](C)CO)C(=O)c2cc(NC(=O)NC3CCCCC3)ccc2O1. The topological polar surface area (TPSA) is 124 Å². The summed E-state index contributed by atoms with van der Waals surface area (Å²) < 4.78 is 12.7. The summed E-state index contributed by atoms with van der Waals surface area (Å²) in [5.41, 5.74) is 0.829. The number of anilines is 1. The van der Waals surface area contributed by atoms with E-state index in [9.17, 15) is 19.5 Å². The van der Waals surface area contributed by atoms with Gasteiger partial charge in [0.05, 0.1) is 30.4 Å². The number of amides is 4. The van der Waals surface area contributed by atoms with Crippen molar-refractivity contribution in [2.45, 2.75) is 109 Å². The second kappa shape index (κ2) is 19.1. The Kier molecular flexibility index (Phi) is 15.6. The third-order valence-electron chi connectivity index (χ3n) is 9.13. The van der Waals surface area contributed by atoms with Crippen LogP contribution in [0.3, 0.4) is 0 Å². The van der Waals surface area contributed by atoms with E-state index in [2.05, 4.69) is 15.5 Å². The molecule has 0 bridgehead atoms. The average molecular weight is 646 g/mol. The summed E-state index contributed by atoms with van der Waals surface area (Å²) in [5.74, 6) is 0.0901. The number of carbonyl (C=O) groups excluding carboxylic acids is 3. The maximum Gasteiger partial charge on any atom is 0.319 e. The fourth-order valence-electron chi connectivity index (χ4n) is 6.17. The van der Waals surface area contributed by atoms with E-state index in [0.29, 0.717) is 43.1 Å². The van der Waals surface area contributed by atoms with Crippen molar-refractivity contribution < 1.29 is 29.0 Å². The van der Waals surface area contributed by atoms with E-state index in [1.165, 1.54) is 6.42 Å². The number of rotatable bonds is 10. The van der Waals surface area contributed by atoms with Crippen LogP contribution < -0.4 is 15.4 Å². The lowest BCUT2D eigenvalue weighted by Crippen LogP contribution is -2.48. The van der Waals surface area contributed by atoms with Crippen LogP contribution in [0.2, 0.25) is 0 Å². The first-order valence-corrected chi connectivity index (χ1v) is 17.3. The number of likely N-dealkylation sites (N-methyl/N-ethyl adjacent to an activating group) is 1. The van der Waals surface area contributed by atoms with Gasteiger partial charge in [0.15, 0.2) is 0 Å².